The van der Waals surface area contributed by atoms with Crippen LogP contribution in [0.1, 0.15) is 22.8 Å². The molecule has 0 saturated heterocycles. The number of para-hydroxylation sites is 1. The molecule has 1 aromatic carbocycles. The third-order valence-corrected chi connectivity index (χ3v) is 3.32. The van der Waals surface area contributed by atoms with Crippen LogP contribution in [-0.4, -0.2) is 15.0 Å². The van der Waals surface area contributed by atoms with Gasteiger partial charge in [0.1, 0.15) is 11.9 Å². The number of nitriles is 1. The monoisotopic (exact) mass is 250 g/mol. The number of aromatic nitrogens is 3. The molecule has 19 heavy (non-hydrogen) atoms. The molecular formula is C15H14N4. The predicted molar refractivity (Wildman–Crippen MR) is 73.7 cm³/mol. The van der Waals surface area contributed by atoms with E-state index in [2.05, 4.69) is 33.2 Å². The van der Waals surface area contributed by atoms with Crippen molar-refractivity contribution in [3.63, 3.8) is 0 Å². The summed E-state index contributed by atoms with van der Waals surface area (Å²) in [4.78, 5) is 10.6. The van der Waals surface area contributed by atoms with Gasteiger partial charge >= 0.3 is 0 Å². The molecule has 0 aliphatic heterocycles. The highest BCUT2D eigenvalue weighted by Crippen LogP contribution is 2.19. The molecule has 4 nitrogen and oxygen atoms in total. The molecular weight excluding hydrogens is 236 g/mol. The number of benzene rings is 1. The quantitative estimate of drug-likeness (QED) is 0.750. The second-order valence-corrected chi connectivity index (χ2v) is 4.62. The van der Waals surface area contributed by atoms with Crippen molar-refractivity contribution < 1.29 is 0 Å². The van der Waals surface area contributed by atoms with Gasteiger partial charge in [-0.1, -0.05) is 18.2 Å². The Morgan fingerprint density at radius 2 is 2.11 bits per heavy atom. The second-order valence-electron chi connectivity index (χ2n) is 4.62. The van der Waals surface area contributed by atoms with Crippen molar-refractivity contribution in [3.05, 3.63) is 53.2 Å². The van der Waals surface area contributed by atoms with E-state index in [0.29, 0.717) is 5.69 Å². The number of aromatic amines is 2. The minimum atomic E-state index is 0.511. The number of aryl methyl sites for hydroxylation is 3. The lowest BCUT2D eigenvalue weighted by molar-refractivity contribution is 0.922. The van der Waals surface area contributed by atoms with Gasteiger partial charge in [-0.05, 0) is 31.4 Å². The van der Waals surface area contributed by atoms with Crippen molar-refractivity contribution in [1.82, 2.24) is 15.0 Å². The molecule has 0 amide bonds. The fourth-order valence-electron chi connectivity index (χ4n) is 2.41. The van der Waals surface area contributed by atoms with Crippen LogP contribution in [-0.2, 0) is 12.8 Å². The van der Waals surface area contributed by atoms with Crippen LogP contribution in [0.2, 0.25) is 0 Å². The van der Waals surface area contributed by atoms with E-state index in [-0.39, 0.29) is 0 Å². The maximum atomic E-state index is 9.02. The summed E-state index contributed by atoms with van der Waals surface area (Å²) in [5.41, 5.74) is 3.85. The van der Waals surface area contributed by atoms with Crippen LogP contribution in [0.4, 0.5) is 0 Å². The highest BCUT2D eigenvalue weighted by Gasteiger charge is 2.09. The van der Waals surface area contributed by atoms with E-state index in [1.54, 1.807) is 0 Å². The zero-order chi connectivity index (χ0) is 13.2. The van der Waals surface area contributed by atoms with Crippen molar-refractivity contribution in [2.75, 3.05) is 0 Å². The van der Waals surface area contributed by atoms with Crippen LogP contribution in [0.3, 0.4) is 0 Å². The lowest BCUT2D eigenvalue weighted by Gasteiger charge is -1.98. The minimum absolute atomic E-state index is 0.511. The number of H-pyrrole nitrogens is 2. The van der Waals surface area contributed by atoms with E-state index in [1.165, 1.54) is 10.9 Å². The number of hydrogen-bond acceptors (Lipinski definition) is 2. The summed E-state index contributed by atoms with van der Waals surface area (Å²) in [5, 5.41) is 10.3. The molecule has 0 spiro atoms. The number of fused-ring (bicyclic) bond motifs is 1. The number of nitrogens with one attached hydrogen (secondary N) is 2. The van der Waals surface area contributed by atoms with Crippen molar-refractivity contribution in [2.45, 2.75) is 19.8 Å². The lowest BCUT2D eigenvalue weighted by atomic mass is 10.1. The summed E-state index contributed by atoms with van der Waals surface area (Å²) in [6.07, 6.45) is 3.73. The highest BCUT2D eigenvalue weighted by atomic mass is 14.9. The number of hydrogen-bond donors (Lipinski definition) is 2. The fourth-order valence-corrected chi connectivity index (χ4v) is 2.41. The van der Waals surface area contributed by atoms with Crippen LogP contribution >= 0.6 is 0 Å². The lowest BCUT2D eigenvalue weighted by Crippen LogP contribution is -1.93. The van der Waals surface area contributed by atoms with E-state index in [9.17, 15) is 0 Å². The number of rotatable bonds is 3. The van der Waals surface area contributed by atoms with Gasteiger partial charge < -0.3 is 9.97 Å². The zero-order valence-corrected chi connectivity index (χ0v) is 10.7. The first-order chi connectivity index (χ1) is 9.28. The average molecular weight is 250 g/mol. The third-order valence-electron chi connectivity index (χ3n) is 3.32. The Balaban J connectivity index is 1.84. The topological polar surface area (TPSA) is 68.3 Å². The molecule has 2 heterocycles. The molecule has 0 radical (unpaired) electrons. The van der Waals surface area contributed by atoms with Crippen LogP contribution in [0.5, 0.6) is 0 Å². The molecule has 0 saturated carbocycles. The molecule has 0 fully saturated rings. The molecule has 0 atom stereocenters. The normalized spacial score (nSPS) is 10.7. The van der Waals surface area contributed by atoms with Crippen molar-refractivity contribution in [3.8, 4) is 6.07 Å². The van der Waals surface area contributed by atoms with Crippen LogP contribution < -0.4 is 0 Å². The summed E-state index contributed by atoms with van der Waals surface area (Å²) in [7, 11) is 0. The molecule has 0 unspecified atom stereocenters. The Morgan fingerprint density at radius 3 is 2.95 bits per heavy atom. The van der Waals surface area contributed by atoms with Crippen molar-refractivity contribution >= 4 is 10.9 Å². The summed E-state index contributed by atoms with van der Waals surface area (Å²) in [6.45, 7) is 1.87. The Hall–Kier alpha value is -2.54. The van der Waals surface area contributed by atoms with Gasteiger partial charge in [0.2, 0.25) is 0 Å². The Bertz CT molecular complexity index is 758. The van der Waals surface area contributed by atoms with Gasteiger partial charge in [-0.15, -0.1) is 0 Å². The molecule has 2 N–H and O–H groups in total. The summed E-state index contributed by atoms with van der Waals surface area (Å²) < 4.78 is 0. The third kappa shape index (κ3) is 2.11. The van der Waals surface area contributed by atoms with Gasteiger partial charge in [0, 0.05) is 17.1 Å². The summed E-state index contributed by atoms with van der Waals surface area (Å²) in [6, 6.07) is 10.4. The molecule has 94 valence electrons. The molecule has 0 aliphatic carbocycles. The Labute approximate surface area is 111 Å². The average Bonchev–Trinajstić information content (AvgIpc) is 2.99. The Morgan fingerprint density at radius 1 is 1.26 bits per heavy atom. The smallest absolute Gasteiger partial charge is 0.161 e. The maximum absolute atomic E-state index is 9.02. The minimum Gasteiger partial charge on any atom is -0.361 e. The Kier molecular flexibility index (Phi) is 2.81. The molecule has 3 rings (SSSR count). The van der Waals surface area contributed by atoms with Gasteiger partial charge in [0.15, 0.2) is 5.69 Å². The second kappa shape index (κ2) is 4.62. The first-order valence-corrected chi connectivity index (χ1v) is 6.28. The largest absolute Gasteiger partial charge is 0.361 e. The first-order valence-electron chi connectivity index (χ1n) is 6.28. The highest BCUT2D eigenvalue weighted by molar-refractivity contribution is 5.83. The molecule has 3 aromatic rings. The number of nitrogens with zero attached hydrogens (tertiary/aromatic N) is 2. The molecule has 0 aliphatic rings. The van der Waals surface area contributed by atoms with Crippen LogP contribution in [0.15, 0.2) is 30.5 Å². The summed E-state index contributed by atoms with van der Waals surface area (Å²) in [5.74, 6) is 0.797. The molecule has 4 heteroatoms. The van der Waals surface area contributed by atoms with Crippen molar-refractivity contribution in [2.24, 2.45) is 0 Å². The SMILES string of the molecule is Cc1nc(C#N)c(CCc2c[nH]c3ccccc23)[nH]1. The van der Waals surface area contributed by atoms with Crippen LogP contribution in [0.25, 0.3) is 10.9 Å². The standard InChI is InChI=1S/C15H14N4/c1-10-18-14(15(8-16)19-10)7-6-11-9-17-13-5-3-2-4-12(11)13/h2-5,9,17H,6-7H2,1H3,(H,18,19). The van der Waals surface area contributed by atoms with Gasteiger partial charge in [-0.25, -0.2) is 4.98 Å². The number of imidazole rings is 1. The zero-order valence-electron chi connectivity index (χ0n) is 10.7. The fraction of sp³-hybridized carbons (Fsp3) is 0.200. The predicted octanol–water partition coefficient (Wildman–Crippen LogP) is 2.86. The van der Waals surface area contributed by atoms with E-state index >= 15 is 0 Å². The van der Waals surface area contributed by atoms with E-state index in [1.807, 2.05) is 25.3 Å². The van der Waals surface area contributed by atoms with Gasteiger partial charge in [-0.2, -0.15) is 5.26 Å². The van der Waals surface area contributed by atoms with E-state index in [4.69, 9.17) is 5.26 Å². The van der Waals surface area contributed by atoms with E-state index < -0.39 is 0 Å². The van der Waals surface area contributed by atoms with Gasteiger partial charge in [0.25, 0.3) is 0 Å². The summed E-state index contributed by atoms with van der Waals surface area (Å²) >= 11 is 0. The van der Waals surface area contributed by atoms with Gasteiger partial charge in [-0.3, -0.25) is 0 Å². The first kappa shape index (κ1) is 11.5. The van der Waals surface area contributed by atoms with E-state index in [0.717, 1.165) is 29.9 Å². The van der Waals surface area contributed by atoms with Crippen molar-refractivity contribution in [1.29, 1.82) is 5.26 Å². The maximum Gasteiger partial charge on any atom is 0.161 e. The van der Waals surface area contributed by atoms with Crippen LogP contribution in [0, 0.1) is 18.3 Å². The van der Waals surface area contributed by atoms with Gasteiger partial charge in [0.05, 0.1) is 5.69 Å². The molecule has 0 bridgehead atoms. The molecule has 2 aromatic heterocycles.